The Bertz CT molecular complexity index is 352. The summed E-state index contributed by atoms with van der Waals surface area (Å²) in [5.74, 6) is -0.0120. The maximum absolute atomic E-state index is 11.1. The third-order valence-electron chi connectivity index (χ3n) is 1.91. The van der Waals surface area contributed by atoms with E-state index >= 15 is 0 Å². The van der Waals surface area contributed by atoms with E-state index in [1.807, 2.05) is 0 Å². The van der Waals surface area contributed by atoms with Crippen molar-refractivity contribution in [3.63, 3.8) is 0 Å². The van der Waals surface area contributed by atoms with Gasteiger partial charge >= 0.3 is 0 Å². The van der Waals surface area contributed by atoms with Gasteiger partial charge < -0.3 is 5.11 Å². The second-order valence-electron chi connectivity index (χ2n) is 2.95. The number of halogens is 2. The fourth-order valence-corrected chi connectivity index (χ4v) is 1.94. The monoisotopic (exact) mass is 276 g/mol. The van der Waals surface area contributed by atoms with Crippen LogP contribution >= 0.6 is 27.5 Å². The molecule has 1 N–H and O–H groups in total. The van der Waals surface area contributed by atoms with Crippen molar-refractivity contribution < 1.29 is 9.90 Å². The van der Waals surface area contributed by atoms with E-state index in [1.54, 1.807) is 18.2 Å². The lowest BCUT2D eigenvalue weighted by molar-refractivity contribution is -0.116. The van der Waals surface area contributed by atoms with Crippen molar-refractivity contribution in [2.45, 2.75) is 18.4 Å². The van der Waals surface area contributed by atoms with Gasteiger partial charge in [-0.25, -0.2) is 0 Å². The summed E-state index contributed by atoms with van der Waals surface area (Å²) in [6.07, 6.45) is 0. The van der Waals surface area contributed by atoms with E-state index in [0.29, 0.717) is 16.1 Å². The van der Waals surface area contributed by atoms with Gasteiger partial charge in [-0.3, -0.25) is 4.79 Å². The van der Waals surface area contributed by atoms with Crippen LogP contribution in [0.3, 0.4) is 0 Å². The van der Waals surface area contributed by atoms with Crippen LogP contribution in [0.2, 0.25) is 5.02 Å². The van der Waals surface area contributed by atoms with Gasteiger partial charge in [-0.15, -0.1) is 0 Å². The Kier molecular flexibility index (Phi) is 4.11. The fourth-order valence-electron chi connectivity index (χ4n) is 1.14. The number of hydrogen-bond donors (Lipinski definition) is 1. The van der Waals surface area contributed by atoms with Crippen molar-refractivity contribution in [3.8, 4) is 0 Å². The number of alkyl halides is 1. The third-order valence-corrected chi connectivity index (χ3v) is 3.51. The van der Waals surface area contributed by atoms with Gasteiger partial charge in [0.1, 0.15) is 5.78 Å². The van der Waals surface area contributed by atoms with Gasteiger partial charge in [0.15, 0.2) is 0 Å². The van der Waals surface area contributed by atoms with Crippen molar-refractivity contribution in [2.75, 3.05) is 0 Å². The molecule has 2 nitrogen and oxygen atoms in total. The minimum atomic E-state index is -0.401. The molecule has 0 amide bonds. The normalized spacial score (nSPS) is 12.6. The first-order valence-corrected chi connectivity index (χ1v) is 5.40. The third kappa shape index (κ3) is 2.35. The molecule has 0 heterocycles. The molecule has 0 aliphatic rings. The Morgan fingerprint density at radius 2 is 2.29 bits per heavy atom. The molecular formula is C10H10BrClO2. The summed E-state index contributed by atoms with van der Waals surface area (Å²) in [5.41, 5.74) is 1.33. The zero-order chi connectivity index (χ0) is 10.7. The average Bonchev–Trinajstić information content (AvgIpc) is 2.17. The molecule has 0 spiro atoms. The number of Topliss-reactive ketones (excluding diaryl/α,β-unsaturated/α-hetero) is 1. The fraction of sp³-hybridized carbons (Fsp3) is 0.300. The van der Waals surface area contributed by atoms with Gasteiger partial charge in [-0.1, -0.05) is 45.7 Å². The molecule has 1 aromatic carbocycles. The molecule has 4 heteroatoms. The minimum absolute atomic E-state index is 0.0120. The van der Waals surface area contributed by atoms with Crippen LogP contribution in [-0.2, 0) is 11.4 Å². The van der Waals surface area contributed by atoms with E-state index in [4.69, 9.17) is 16.7 Å². The molecule has 0 bridgehead atoms. The second-order valence-corrected chi connectivity index (χ2v) is 4.25. The molecule has 0 aromatic heterocycles. The van der Waals surface area contributed by atoms with Crippen LogP contribution in [0.15, 0.2) is 18.2 Å². The molecule has 14 heavy (non-hydrogen) atoms. The van der Waals surface area contributed by atoms with Crippen LogP contribution in [0.25, 0.3) is 0 Å². The highest BCUT2D eigenvalue weighted by Gasteiger charge is 2.17. The van der Waals surface area contributed by atoms with Gasteiger partial charge in [0.05, 0.1) is 16.5 Å². The highest BCUT2D eigenvalue weighted by molar-refractivity contribution is 9.09. The average molecular weight is 278 g/mol. The second kappa shape index (κ2) is 4.91. The molecule has 0 fully saturated rings. The Labute approximate surface area is 96.0 Å². The smallest absolute Gasteiger partial charge is 0.147 e. The maximum atomic E-state index is 11.1. The lowest BCUT2D eigenvalue weighted by atomic mass is 10.1. The molecule has 1 aromatic rings. The Hall–Kier alpha value is -0.380. The minimum Gasteiger partial charge on any atom is -0.392 e. The lowest BCUT2D eigenvalue weighted by Crippen LogP contribution is -2.03. The quantitative estimate of drug-likeness (QED) is 0.863. The van der Waals surface area contributed by atoms with Gasteiger partial charge in [0, 0.05) is 0 Å². The van der Waals surface area contributed by atoms with Crippen LogP contribution < -0.4 is 0 Å². The Morgan fingerprint density at radius 3 is 2.79 bits per heavy atom. The molecule has 1 atom stereocenters. The Morgan fingerprint density at radius 1 is 1.64 bits per heavy atom. The molecule has 1 rings (SSSR count). The van der Waals surface area contributed by atoms with Gasteiger partial charge in [0.2, 0.25) is 0 Å². The molecular weight excluding hydrogens is 267 g/mol. The maximum Gasteiger partial charge on any atom is 0.147 e. The van der Waals surface area contributed by atoms with Crippen LogP contribution in [0.4, 0.5) is 0 Å². The van der Waals surface area contributed by atoms with Gasteiger partial charge in [-0.2, -0.15) is 0 Å². The molecule has 1 unspecified atom stereocenters. The summed E-state index contributed by atoms with van der Waals surface area (Å²) in [5, 5.41) is 9.43. The summed E-state index contributed by atoms with van der Waals surface area (Å²) in [6, 6.07) is 5.26. The summed E-state index contributed by atoms with van der Waals surface area (Å²) in [6.45, 7) is 1.37. The summed E-state index contributed by atoms with van der Waals surface area (Å²) >= 11 is 9.25. The highest BCUT2D eigenvalue weighted by atomic mass is 79.9. The number of rotatable bonds is 3. The van der Waals surface area contributed by atoms with E-state index in [-0.39, 0.29) is 12.4 Å². The molecule has 76 valence electrons. The lowest BCUT2D eigenvalue weighted by Gasteiger charge is -2.10. The molecule has 0 aliphatic heterocycles. The summed E-state index contributed by atoms with van der Waals surface area (Å²) in [7, 11) is 0. The van der Waals surface area contributed by atoms with Crippen LogP contribution in [0.5, 0.6) is 0 Å². The standard InChI is InChI=1S/C10H10BrClO2/c1-6(14)9(11)8-4-2-3-7(5-13)10(8)12/h2-4,9,13H,5H2,1H3. The van der Waals surface area contributed by atoms with E-state index in [2.05, 4.69) is 15.9 Å². The van der Waals surface area contributed by atoms with Crippen molar-refractivity contribution in [3.05, 3.63) is 34.3 Å². The first kappa shape index (κ1) is 11.7. The zero-order valence-corrected chi connectivity index (χ0v) is 9.97. The number of benzene rings is 1. The van der Waals surface area contributed by atoms with E-state index in [9.17, 15) is 4.79 Å². The summed E-state index contributed by atoms with van der Waals surface area (Å²) in [4.78, 5) is 10.7. The first-order chi connectivity index (χ1) is 6.57. The van der Waals surface area contributed by atoms with E-state index in [1.165, 1.54) is 6.92 Å². The SMILES string of the molecule is CC(=O)C(Br)c1cccc(CO)c1Cl. The Balaban J connectivity index is 3.15. The van der Waals surface area contributed by atoms with Gasteiger partial charge in [0.25, 0.3) is 0 Å². The van der Waals surface area contributed by atoms with Crippen molar-refractivity contribution in [1.82, 2.24) is 0 Å². The predicted octanol–water partition coefficient (Wildman–Crippen LogP) is 2.86. The van der Waals surface area contributed by atoms with Crippen LogP contribution in [-0.4, -0.2) is 10.9 Å². The van der Waals surface area contributed by atoms with E-state index < -0.39 is 4.83 Å². The number of hydrogen-bond acceptors (Lipinski definition) is 2. The van der Waals surface area contributed by atoms with Crippen LogP contribution in [0, 0.1) is 0 Å². The van der Waals surface area contributed by atoms with Crippen molar-refractivity contribution in [1.29, 1.82) is 0 Å². The molecule has 0 saturated heterocycles. The molecule has 0 saturated carbocycles. The number of ketones is 1. The van der Waals surface area contributed by atoms with Crippen molar-refractivity contribution in [2.24, 2.45) is 0 Å². The molecule has 0 aliphatic carbocycles. The topological polar surface area (TPSA) is 37.3 Å². The highest BCUT2D eigenvalue weighted by Crippen LogP contribution is 2.32. The first-order valence-electron chi connectivity index (χ1n) is 4.10. The number of aliphatic hydroxyl groups is 1. The van der Waals surface area contributed by atoms with Gasteiger partial charge in [-0.05, 0) is 18.1 Å². The predicted molar refractivity (Wildman–Crippen MR) is 59.7 cm³/mol. The number of aliphatic hydroxyl groups excluding tert-OH is 1. The van der Waals surface area contributed by atoms with E-state index in [0.717, 1.165) is 0 Å². The van der Waals surface area contributed by atoms with Crippen molar-refractivity contribution >= 4 is 33.3 Å². The summed E-state index contributed by atoms with van der Waals surface area (Å²) < 4.78 is 0. The molecule has 0 radical (unpaired) electrons. The largest absolute Gasteiger partial charge is 0.392 e. The van der Waals surface area contributed by atoms with Crippen LogP contribution in [0.1, 0.15) is 22.9 Å². The number of carbonyl (C=O) groups excluding carboxylic acids is 1. The number of carbonyl (C=O) groups is 1. The zero-order valence-electron chi connectivity index (χ0n) is 7.63.